The third-order valence-corrected chi connectivity index (χ3v) is 5.80. The zero-order chi connectivity index (χ0) is 20.8. The molecular weight excluding hydrogens is 378 g/mol. The Morgan fingerprint density at radius 1 is 1.00 bits per heavy atom. The second-order valence-electron chi connectivity index (χ2n) is 8.00. The summed E-state index contributed by atoms with van der Waals surface area (Å²) in [7, 11) is 1.66. The van der Waals surface area contributed by atoms with Gasteiger partial charge in [-0.3, -0.25) is 14.6 Å². The first-order valence-corrected chi connectivity index (χ1v) is 10.8. The van der Waals surface area contributed by atoms with Gasteiger partial charge in [-0.15, -0.1) is 0 Å². The normalized spacial score (nSPS) is 18.6. The number of ether oxygens (including phenoxy) is 2. The van der Waals surface area contributed by atoms with Crippen molar-refractivity contribution in [1.29, 1.82) is 0 Å². The Bertz CT molecular complexity index is 800. The molecule has 30 heavy (non-hydrogen) atoms. The van der Waals surface area contributed by atoms with E-state index in [4.69, 9.17) is 9.47 Å². The molecule has 2 aliphatic rings. The van der Waals surface area contributed by atoms with Crippen LogP contribution in [0.2, 0.25) is 0 Å². The summed E-state index contributed by atoms with van der Waals surface area (Å²) in [6.07, 6.45) is 2.21. The molecule has 1 atom stereocenters. The molecule has 1 heterocycles. The Hall–Kier alpha value is -2.57. The van der Waals surface area contributed by atoms with E-state index in [1.807, 2.05) is 42.5 Å². The fourth-order valence-corrected chi connectivity index (χ4v) is 3.88. The standard InChI is InChI=1S/C24H31N3O3/c1-29-21-9-11-22(12-10-21)30-18-17-26-13-15-27(16-14-26)23(19-5-3-2-4-6-19)24(28)25-20-7-8-20/h2-6,9-12,20,23H,7-8,13-18H2,1H3,(H,25,28)/t23-/m1/s1. The molecule has 0 unspecified atom stereocenters. The molecule has 1 saturated heterocycles. The Morgan fingerprint density at radius 2 is 1.67 bits per heavy atom. The number of piperazine rings is 1. The van der Waals surface area contributed by atoms with Crippen LogP contribution in [0, 0.1) is 0 Å². The third-order valence-electron chi connectivity index (χ3n) is 5.80. The zero-order valence-corrected chi connectivity index (χ0v) is 17.6. The van der Waals surface area contributed by atoms with Gasteiger partial charge in [0.15, 0.2) is 0 Å². The number of carbonyl (C=O) groups is 1. The van der Waals surface area contributed by atoms with E-state index in [0.29, 0.717) is 12.6 Å². The summed E-state index contributed by atoms with van der Waals surface area (Å²) in [4.78, 5) is 17.7. The van der Waals surface area contributed by atoms with Crippen LogP contribution in [0.25, 0.3) is 0 Å². The van der Waals surface area contributed by atoms with Crippen LogP contribution in [0.3, 0.4) is 0 Å². The van der Waals surface area contributed by atoms with Crippen LogP contribution >= 0.6 is 0 Å². The molecule has 160 valence electrons. The van der Waals surface area contributed by atoms with Crippen molar-refractivity contribution < 1.29 is 14.3 Å². The Labute approximate surface area is 178 Å². The number of rotatable bonds is 9. The summed E-state index contributed by atoms with van der Waals surface area (Å²) in [5.41, 5.74) is 1.08. The predicted molar refractivity (Wildman–Crippen MR) is 117 cm³/mol. The highest BCUT2D eigenvalue weighted by Crippen LogP contribution is 2.26. The molecule has 0 bridgehead atoms. The van der Waals surface area contributed by atoms with Crippen LogP contribution < -0.4 is 14.8 Å². The third kappa shape index (κ3) is 5.52. The van der Waals surface area contributed by atoms with E-state index in [9.17, 15) is 4.79 Å². The van der Waals surface area contributed by atoms with Gasteiger partial charge in [-0.25, -0.2) is 0 Å². The first-order valence-electron chi connectivity index (χ1n) is 10.8. The van der Waals surface area contributed by atoms with E-state index in [1.165, 1.54) is 0 Å². The van der Waals surface area contributed by atoms with E-state index in [-0.39, 0.29) is 11.9 Å². The number of benzene rings is 2. The van der Waals surface area contributed by atoms with Gasteiger partial charge in [-0.1, -0.05) is 30.3 Å². The number of hydrogen-bond acceptors (Lipinski definition) is 5. The molecule has 1 aliphatic heterocycles. The largest absolute Gasteiger partial charge is 0.497 e. The lowest BCUT2D eigenvalue weighted by Gasteiger charge is -2.38. The van der Waals surface area contributed by atoms with Gasteiger partial charge in [0, 0.05) is 38.8 Å². The summed E-state index contributed by atoms with van der Waals surface area (Å²) >= 11 is 0. The molecule has 0 aromatic heterocycles. The van der Waals surface area contributed by atoms with Gasteiger partial charge < -0.3 is 14.8 Å². The summed E-state index contributed by atoms with van der Waals surface area (Å²) < 4.78 is 11.0. The second kappa shape index (κ2) is 9.96. The monoisotopic (exact) mass is 409 g/mol. The van der Waals surface area contributed by atoms with E-state index in [0.717, 1.165) is 62.6 Å². The number of methoxy groups -OCH3 is 1. The van der Waals surface area contributed by atoms with E-state index in [1.54, 1.807) is 7.11 Å². The molecule has 2 aromatic carbocycles. The fourth-order valence-electron chi connectivity index (χ4n) is 3.88. The van der Waals surface area contributed by atoms with E-state index < -0.39 is 0 Å². The maximum atomic E-state index is 13.0. The highest BCUT2D eigenvalue weighted by Gasteiger charge is 2.33. The van der Waals surface area contributed by atoms with E-state index in [2.05, 4.69) is 27.2 Å². The van der Waals surface area contributed by atoms with Gasteiger partial charge in [0.2, 0.25) is 5.91 Å². The predicted octanol–water partition coefficient (Wildman–Crippen LogP) is 2.71. The maximum absolute atomic E-state index is 13.0. The Kier molecular flexibility index (Phi) is 6.87. The van der Waals surface area contributed by atoms with Crippen molar-refractivity contribution in [1.82, 2.24) is 15.1 Å². The minimum Gasteiger partial charge on any atom is -0.497 e. The van der Waals surface area contributed by atoms with Crippen molar-refractivity contribution in [2.45, 2.75) is 24.9 Å². The van der Waals surface area contributed by atoms with Crippen LogP contribution in [0.1, 0.15) is 24.4 Å². The minimum absolute atomic E-state index is 0.139. The molecule has 1 saturated carbocycles. The highest BCUT2D eigenvalue weighted by atomic mass is 16.5. The molecular formula is C24H31N3O3. The van der Waals surface area contributed by atoms with Gasteiger partial charge in [-0.2, -0.15) is 0 Å². The van der Waals surface area contributed by atoms with Crippen molar-refractivity contribution >= 4 is 5.91 Å². The van der Waals surface area contributed by atoms with Crippen molar-refractivity contribution in [3.05, 3.63) is 60.2 Å². The average Bonchev–Trinajstić information content (AvgIpc) is 3.60. The smallest absolute Gasteiger partial charge is 0.242 e. The number of hydrogen-bond donors (Lipinski definition) is 1. The summed E-state index contributed by atoms with van der Waals surface area (Å²) in [5, 5.41) is 3.20. The molecule has 6 nitrogen and oxygen atoms in total. The van der Waals surface area contributed by atoms with Crippen LogP contribution in [0.5, 0.6) is 11.5 Å². The second-order valence-corrected chi connectivity index (χ2v) is 8.00. The average molecular weight is 410 g/mol. The van der Waals surface area contributed by atoms with E-state index >= 15 is 0 Å². The topological polar surface area (TPSA) is 54.0 Å². The van der Waals surface area contributed by atoms with Crippen molar-refractivity contribution in [2.75, 3.05) is 46.4 Å². The lowest BCUT2D eigenvalue weighted by Crippen LogP contribution is -2.51. The highest BCUT2D eigenvalue weighted by molar-refractivity contribution is 5.83. The molecule has 1 N–H and O–H groups in total. The van der Waals surface area contributed by atoms with Crippen molar-refractivity contribution in [3.8, 4) is 11.5 Å². The van der Waals surface area contributed by atoms with Crippen LogP contribution in [-0.4, -0.2) is 68.2 Å². The van der Waals surface area contributed by atoms with Crippen LogP contribution in [0.15, 0.2) is 54.6 Å². The number of carbonyl (C=O) groups excluding carboxylic acids is 1. The number of nitrogens with zero attached hydrogens (tertiary/aromatic N) is 2. The SMILES string of the molecule is COc1ccc(OCCN2CCN([C@@H](C(=O)NC3CC3)c3ccccc3)CC2)cc1. The number of amides is 1. The molecule has 2 fully saturated rings. The fraction of sp³-hybridized carbons (Fsp3) is 0.458. The van der Waals surface area contributed by atoms with Gasteiger partial charge in [-0.05, 0) is 42.7 Å². The quantitative estimate of drug-likeness (QED) is 0.690. The van der Waals surface area contributed by atoms with Gasteiger partial charge in [0.1, 0.15) is 24.1 Å². The van der Waals surface area contributed by atoms with Gasteiger partial charge in [0.25, 0.3) is 0 Å². The molecule has 0 spiro atoms. The Morgan fingerprint density at radius 3 is 2.30 bits per heavy atom. The molecule has 4 rings (SSSR count). The molecule has 1 aliphatic carbocycles. The van der Waals surface area contributed by atoms with Crippen LogP contribution in [0.4, 0.5) is 0 Å². The summed E-state index contributed by atoms with van der Waals surface area (Å²) in [6.45, 7) is 5.15. The van der Waals surface area contributed by atoms with Crippen molar-refractivity contribution in [3.63, 3.8) is 0 Å². The summed E-state index contributed by atoms with van der Waals surface area (Å²) in [6, 6.07) is 18.0. The summed E-state index contributed by atoms with van der Waals surface area (Å²) in [5.74, 6) is 1.83. The first kappa shape index (κ1) is 20.7. The van der Waals surface area contributed by atoms with Gasteiger partial charge in [0.05, 0.1) is 7.11 Å². The number of nitrogens with one attached hydrogen (secondary N) is 1. The first-order chi connectivity index (χ1) is 14.7. The maximum Gasteiger partial charge on any atom is 0.242 e. The van der Waals surface area contributed by atoms with Crippen LogP contribution in [-0.2, 0) is 4.79 Å². The zero-order valence-electron chi connectivity index (χ0n) is 17.6. The lowest BCUT2D eigenvalue weighted by molar-refractivity contribution is -0.127. The minimum atomic E-state index is -0.204. The molecule has 0 radical (unpaired) electrons. The molecule has 1 amide bonds. The van der Waals surface area contributed by atoms with Gasteiger partial charge >= 0.3 is 0 Å². The molecule has 2 aromatic rings. The lowest BCUT2D eigenvalue weighted by atomic mass is 10.0. The molecule has 6 heteroatoms. The van der Waals surface area contributed by atoms with Crippen molar-refractivity contribution in [2.24, 2.45) is 0 Å². The Balaban J connectivity index is 1.27.